The van der Waals surface area contributed by atoms with Crippen molar-refractivity contribution in [1.29, 1.82) is 0 Å². The van der Waals surface area contributed by atoms with Crippen molar-refractivity contribution in [2.24, 2.45) is 0 Å². The normalized spacial score (nSPS) is 14.8. The Morgan fingerprint density at radius 2 is 0.765 bits per heavy atom. The highest BCUT2D eigenvalue weighted by molar-refractivity contribution is 7.54. The van der Waals surface area contributed by atoms with E-state index in [-0.39, 0.29) is 12.4 Å². The second kappa shape index (κ2) is 4.93. The SMILES string of the molecule is OP(C(F)(F)C(F)(F)F)C(F)(F)C(F)(F)F.[Cl-]. The molecule has 0 saturated heterocycles. The third-order valence-corrected chi connectivity index (χ3v) is 2.79. The van der Waals surface area contributed by atoms with Gasteiger partial charge in [-0.2, -0.15) is 43.9 Å². The molecular formula is C4HClF10OP-. The van der Waals surface area contributed by atoms with Crippen molar-refractivity contribution in [1.82, 2.24) is 0 Å². The smallest absolute Gasteiger partial charge is 0.460 e. The highest BCUT2D eigenvalue weighted by atomic mass is 35.5. The van der Waals surface area contributed by atoms with Crippen LogP contribution in [0, 0.1) is 0 Å². The summed E-state index contributed by atoms with van der Waals surface area (Å²) < 4.78 is 117. The van der Waals surface area contributed by atoms with Gasteiger partial charge in [0.1, 0.15) is 0 Å². The summed E-state index contributed by atoms with van der Waals surface area (Å²) in [5, 5.41) is 0. The molecule has 0 amide bonds. The zero-order chi connectivity index (χ0) is 13.6. The Bertz CT molecular complexity index is 232. The van der Waals surface area contributed by atoms with Gasteiger partial charge in [0.05, 0.1) is 0 Å². The maximum atomic E-state index is 12.0. The Kier molecular flexibility index (Phi) is 5.60. The fraction of sp³-hybridized carbons (Fsp3) is 1.00. The summed E-state index contributed by atoms with van der Waals surface area (Å²) in [6, 6.07) is 0. The first-order valence-electron chi connectivity index (χ1n) is 3.04. The fourth-order valence-electron chi connectivity index (χ4n) is 0.417. The Labute approximate surface area is 94.0 Å². The van der Waals surface area contributed by atoms with Crippen LogP contribution in [0.4, 0.5) is 43.9 Å². The van der Waals surface area contributed by atoms with E-state index in [0.717, 1.165) is 0 Å². The fourth-order valence-corrected chi connectivity index (χ4v) is 1.25. The molecule has 0 bridgehead atoms. The molecule has 0 aromatic carbocycles. The molecule has 0 heterocycles. The molecule has 0 rings (SSSR count). The van der Waals surface area contributed by atoms with Gasteiger partial charge in [-0.1, -0.05) is 0 Å². The van der Waals surface area contributed by atoms with Crippen molar-refractivity contribution in [2.75, 3.05) is 0 Å². The summed E-state index contributed by atoms with van der Waals surface area (Å²) in [4.78, 5) is 7.90. The number of hydrogen-bond donors (Lipinski definition) is 1. The van der Waals surface area contributed by atoms with Gasteiger partial charge in [-0.05, 0) is 0 Å². The van der Waals surface area contributed by atoms with Crippen LogP contribution < -0.4 is 12.4 Å². The van der Waals surface area contributed by atoms with E-state index in [0.29, 0.717) is 0 Å². The van der Waals surface area contributed by atoms with Crippen molar-refractivity contribution >= 4 is 8.15 Å². The van der Waals surface area contributed by atoms with Gasteiger partial charge < -0.3 is 17.3 Å². The third kappa shape index (κ3) is 3.47. The first-order valence-corrected chi connectivity index (χ1v) is 4.33. The van der Waals surface area contributed by atoms with Crippen LogP contribution in [-0.4, -0.2) is 28.6 Å². The molecule has 1 nitrogen and oxygen atoms in total. The number of alkyl halides is 10. The van der Waals surface area contributed by atoms with Crippen molar-refractivity contribution < 1.29 is 61.2 Å². The zero-order valence-corrected chi connectivity index (χ0v) is 8.70. The lowest BCUT2D eigenvalue weighted by Gasteiger charge is -2.30. The Hall–Kier alpha value is -0.0200. The topological polar surface area (TPSA) is 20.2 Å². The molecule has 106 valence electrons. The molecule has 0 atom stereocenters. The predicted molar refractivity (Wildman–Crippen MR) is 31.1 cm³/mol. The molecule has 0 radical (unpaired) electrons. The average molecular weight is 321 g/mol. The van der Waals surface area contributed by atoms with Crippen molar-refractivity contribution in [3.05, 3.63) is 0 Å². The minimum absolute atomic E-state index is 0. The minimum Gasteiger partial charge on any atom is -1.00 e. The highest BCUT2D eigenvalue weighted by Gasteiger charge is 2.76. The molecule has 0 unspecified atom stereocenters. The van der Waals surface area contributed by atoms with Gasteiger partial charge in [0.2, 0.25) is 0 Å². The van der Waals surface area contributed by atoms with Crippen LogP contribution in [0.15, 0.2) is 0 Å². The lowest BCUT2D eigenvalue weighted by atomic mass is 10.7. The predicted octanol–water partition coefficient (Wildman–Crippen LogP) is 0.690. The standard InChI is InChI=1S/C4HF10OP.ClH/c5-1(6,7)3(11,12)16(15)4(13,14)2(8,9)10;/h15H;1H/p-1. The van der Waals surface area contributed by atoms with E-state index in [4.69, 9.17) is 4.89 Å². The van der Waals surface area contributed by atoms with Crippen LogP contribution in [-0.2, 0) is 0 Å². The summed E-state index contributed by atoms with van der Waals surface area (Å²) in [5.74, 6) is 0. The van der Waals surface area contributed by atoms with Crippen LogP contribution in [0.2, 0.25) is 0 Å². The summed E-state index contributed by atoms with van der Waals surface area (Å²) in [6.07, 6.45) is -13.4. The molecule has 1 N–H and O–H groups in total. The average Bonchev–Trinajstić information content (AvgIpc) is 1.98. The minimum atomic E-state index is -6.69. The summed E-state index contributed by atoms with van der Waals surface area (Å²) in [5.41, 5.74) is -13.0. The molecule has 0 aromatic rings. The molecule has 0 aliphatic heterocycles. The largest absolute Gasteiger partial charge is 1.00 e. The first kappa shape index (κ1) is 19.3. The molecule has 0 aromatic heterocycles. The monoisotopic (exact) mass is 321 g/mol. The van der Waals surface area contributed by atoms with E-state index in [1.807, 2.05) is 0 Å². The molecule has 0 saturated carbocycles. The van der Waals surface area contributed by atoms with Crippen molar-refractivity contribution in [3.63, 3.8) is 0 Å². The molecule has 17 heavy (non-hydrogen) atoms. The zero-order valence-electron chi connectivity index (χ0n) is 7.05. The summed E-state index contributed by atoms with van der Waals surface area (Å²) in [6.45, 7) is 0. The van der Waals surface area contributed by atoms with Crippen LogP contribution in [0.1, 0.15) is 0 Å². The molecule has 0 spiro atoms. The van der Waals surface area contributed by atoms with Gasteiger partial charge in [0, 0.05) is 0 Å². The highest BCUT2D eigenvalue weighted by Crippen LogP contribution is 2.69. The maximum absolute atomic E-state index is 12.0. The number of halogens is 11. The molecule has 0 fully saturated rings. The Morgan fingerprint density at radius 1 is 0.588 bits per heavy atom. The van der Waals surface area contributed by atoms with Crippen LogP contribution in [0.3, 0.4) is 0 Å². The second-order valence-electron chi connectivity index (χ2n) is 2.39. The lowest BCUT2D eigenvalue weighted by Crippen LogP contribution is -3.00. The lowest BCUT2D eigenvalue weighted by molar-refractivity contribution is -0.266. The van der Waals surface area contributed by atoms with Crippen molar-refractivity contribution in [3.8, 4) is 0 Å². The number of hydrogen-bond acceptors (Lipinski definition) is 1. The van der Waals surface area contributed by atoms with E-state index in [1.165, 1.54) is 0 Å². The molecule has 13 heteroatoms. The molecule has 0 aliphatic carbocycles. The summed E-state index contributed by atoms with van der Waals surface area (Å²) in [7, 11) is -5.96. The summed E-state index contributed by atoms with van der Waals surface area (Å²) >= 11 is 0. The van der Waals surface area contributed by atoms with Crippen LogP contribution in [0.25, 0.3) is 0 Å². The van der Waals surface area contributed by atoms with Gasteiger partial charge in [-0.15, -0.1) is 0 Å². The molecule has 0 aliphatic rings. The first-order chi connectivity index (χ1) is 6.65. The van der Waals surface area contributed by atoms with Gasteiger partial charge in [-0.25, -0.2) is 0 Å². The van der Waals surface area contributed by atoms with Crippen molar-refractivity contribution in [2.45, 2.75) is 23.7 Å². The van der Waals surface area contributed by atoms with Gasteiger partial charge in [-0.3, -0.25) is 0 Å². The van der Waals surface area contributed by atoms with E-state index in [9.17, 15) is 43.9 Å². The Balaban J connectivity index is 0. The van der Waals surface area contributed by atoms with Gasteiger partial charge in [0.15, 0.2) is 8.15 Å². The van der Waals surface area contributed by atoms with E-state index < -0.39 is 31.8 Å². The number of rotatable bonds is 2. The maximum Gasteiger partial charge on any atom is 0.460 e. The van der Waals surface area contributed by atoms with E-state index >= 15 is 0 Å². The quantitative estimate of drug-likeness (QED) is 0.586. The third-order valence-electron chi connectivity index (χ3n) is 1.21. The Morgan fingerprint density at radius 3 is 0.882 bits per heavy atom. The van der Waals surface area contributed by atoms with Gasteiger partial charge in [0.25, 0.3) is 0 Å². The molecular weight excluding hydrogens is 320 g/mol. The second-order valence-corrected chi connectivity index (χ2v) is 4.14. The van der Waals surface area contributed by atoms with E-state index in [1.54, 1.807) is 0 Å². The van der Waals surface area contributed by atoms with Crippen LogP contribution >= 0.6 is 8.15 Å². The van der Waals surface area contributed by atoms with Crippen LogP contribution in [0.5, 0.6) is 0 Å². The van der Waals surface area contributed by atoms with E-state index in [2.05, 4.69) is 0 Å². The van der Waals surface area contributed by atoms with Gasteiger partial charge >= 0.3 is 23.7 Å².